The van der Waals surface area contributed by atoms with E-state index in [1.165, 1.54) is 32.1 Å². The van der Waals surface area contributed by atoms with Crippen LogP contribution in [0, 0.1) is 17.8 Å². The summed E-state index contributed by atoms with van der Waals surface area (Å²) in [5, 5.41) is 4.52. The molecule has 0 saturated carbocycles. The highest BCUT2D eigenvalue weighted by molar-refractivity contribution is 6.35. The molecule has 0 aliphatic rings. The van der Waals surface area contributed by atoms with Gasteiger partial charge in [0, 0.05) is 0 Å². The topological polar surface area (TPSA) is 0 Å². The smallest absolute Gasteiger partial charge is 0.0990 e. The quantitative estimate of drug-likeness (QED) is 0.634. The van der Waals surface area contributed by atoms with Crippen molar-refractivity contribution in [2.45, 2.75) is 57.4 Å². The Labute approximate surface area is 106 Å². The lowest BCUT2D eigenvalue weighted by molar-refractivity contribution is 0.700. The monoisotopic (exact) mass is 228 g/mol. The zero-order chi connectivity index (χ0) is 11.6. The normalized spacial score (nSPS) is 10.4. The molecule has 0 aliphatic heterocycles. The van der Waals surface area contributed by atoms with E-state index in [0.717, 1.165) is 17.8 Å². The molecule has 0 aromatic carbocycles. The standard InChI is InChI=1S/3C4H9.2Al.3H/c3*1-4(2)3;;;;;/h3*4H,1H2,2-3H3;;;;;. The minimum absolute atomic E-state index is 0.316. The van der Waals surface area contributed by atoms with Crippen LogP contribution in [0.15, 0.2) is 0 Å². The molecule has 0 aromatic heterocycles. The number of rotatable bonds is 5. The van der Waals surface area contributed by atoms with Gasteiger partial charge in [-0.2, -0.15) is 0 Å². The van der Waals surface area contributed by atoms with E-state index in [4.69, 9.17) is 0 Å². The van der Waals surface area contributed by atoms with Gasteiger partial charge in [-0.25, -0.2) is 0 Å². The fourth-order valence-electron chi connectivity index (χ4n) is 0.934. The first-order valence-electron chi connectivity index (χ1n) is 6.40. The van der Waals surface area contributed by atoms with E-state index >= 15 is 0 Å². The van der Waals surface area contributed by atoms with Gasteiger partial charge in [0.25, 0.3) is 0 Å². The molecule has 0 rings (SSSR count). The van der Waals surface area contributed by atoms with Crippen molar-refractivity contribution >= 4 is 31.5 Å². The third-order valence-corrected chi connectivity index (χ3v) is 7.14. The first-order valence-corrected chi connectivity index (χ1v) is 9.81. The molecule has 0 aromatic rings. The van der Waals surface area contributed by atoms with Gasteiger partial charge in [0.05, 0.1) is 0 Å². The SMILES string of the molecule is CC(C)[CH2][AlH2].CC(C)[CH2][AlH][CH2]C(C)C. The molecule has 2 heteroatoms. The molecule has 0 nitrogen and oxygen atoms in total. The van der Waals surface area contributed by atoms with Gasteiger partial charge in [0.15, 0.2) is 0 Å². The molecule has 14 heavy (non-hydrogen) atoms. The molecule has 0 aliphatic carbocycles. The molecule has 0 unspecified atom stereocenters. The van der Waals surface area contributed by atoms with E-state index in [2.05, 4.69) is 41.5 Å². The molecule has 0 heterocycles. The van der Waals surface area contributed by atoms with Crippen molar-refractivity contribution in [3.8, 4) is 0 Å². The predicted molar refractivity (Wildman–Crippen MR) is 74.6 cm³/mol. The highest BCUT2D eigenvalue weighted by atomic mass is 27.1. The van der Waals surface area contributed by atoms with Crippen molar-refractivity contribution in [1.82, 2.24) is 0 Å². The molecule has 0 amide bonds. The third kappa shape index (κ3) is 23.1. The van der Waals surface area contributed by atoms with E-state index < -0.39 is 0 Å². The minimum atomic E-state index is 0.316. The fraction of sp³-hybridized carbons (Fsp3) is 1.00. The second-order valence-electron chi connectivity index (χ2n) is 5.52. The van der Waals surface area contributed by atoms with E-state index in [1.807, 2.05) is 0 Å². The fourth-order valence-corrected chi connectivity index (χ4v) is 2.80. The Balaban J connectivity index is 0. The average Bonchev–Trinajstić information content (AvgIpc) is 2.04. The van der Waals surface area contributed by atoms with E-state index in [0.29, 0.717) is 15.2 Å². The summed E-state index contributed by atoms with van der Waals surface area (Å²) in [7, 11) is 0. The van der Waals surface area contributed by atoms with Gasteiger partial charge in [-0.05, 0) is 0 Å². The summed E-state index contributed by atoms with van der Waals surface area (Å²) in [6.45, 7) is 13.8. The number of hydrogen-bond donors (Lipinski definition) is 0. The Bertz CT molecular complexity index is 90.5. The van der Waals surface area contributed by atoms with Crippen molar-refractivity contribution in [3.63, 3.8) is 0 Å². The summed E-state index contributed by atoms with van der Waals surface area (Å²) in [6, 6.07) is 0. The van der Waals surface area contributed by atoms with Gasteiger partial charge in [-0.15, -0.1) is 0 Å². The molecule has 0 spiro atoms. The zero-order valence-corrected chi connectivity index (χ0v) is 15.0. The van der Waals surface area contributed by atoms with Crippen molar-refractivity contribution in [1.29, 1.82) is 0 Å². The Kier molecular flexibility index (Phi) is 15.1. The van der Waals surface area contributed by atoms with Crippen LogP contribution in [0.5, 0.6) is 0 Å². The van der Waals surface area contributed by atoms with Crippen LogP contribution in [0.1, 0.15) is 41.5 Å². The van der Waals surface area contributed by atoms with E-state index in [1.54, 1.807) is 0 Å². The molecule has 0 saturated heterocycles. The lowest BCUT2D eigenvalue weighted by Gasteiger charge is -2.03. The molecular weight excluding hydrogens is 198 g/mol. The molecule has 0 fully saturated rings. The second kappa shape index (κ2) is 12.1. The van der Waals surface area contributed by atoms with Gasteiger partial charge in [0.1, 0.15) is 0 Å². The van der Waals surface area contributed by atoms with Crippen LogP contribution in [0.25, 0.3) is 0 Å². The molecular formula is C12H30Al2. The van der Waals surface area contributed by atoms with E-state index in [-0.39, 0.29) is 0 Å². The average molecular weight is 228 g/mol. The maximum Gasteiger partial charge on any atom is 0.237 e. The molecule has 84 valence electrons. The van der Waals surface area contributed by atoms with Crippen LogP contribution in [-0.4, -0.2) is 31.5 Å². The Morgan fingerprint density at radius 3 is 1.21 bits per heavy atom. The number of hydrogen-bond acceptors (Lipinski definition) is 0. The Morgan fingerprint density at radius 2 is 1.07 bits per heavy atom. The molecule has 0 N–H and O–H groups in total. The van der Waals surface area contributed by atoms with Gasteiger partial charge in [-0.1, -0.05) is 75.1 Å². The van der Waals surface area contributed by atoms with Crippen molar-refractivity contribution in [3.05, 3.63) is 0 Å². The van der Waals surface area contributed by atoms with Crippen molar-refractivity contribution < 1.29 is 0 Å². The summed E-state index contributed by atoms with van der Waals surface area (Å²) in [5.74, 6) is 2.85. The van der Waals surface area contributed by atoms with Gasteiger partial charge >= 0.3 is 0 Å². The minimum Gasteiger partial charge on any atom is -0.0990 e. The van der Waals surface area contributed by atoms with Crippen LogP contribution in [-0.2, 0) is 0 Å². The highest BCUT2D eigenvalue weighted by Crippen LogP contribution is 2.05. The lowest BCUT2D eigenvalue weighted by atomic mass is 10.3. The zero-order valence-electron chi connectivity index (χ0n) is 11.6. The van der Waals surface area contributed by atoms with Crippen LogP contribution < -0.4 is 0 Å². The summed E-state index contributed by atoms with van der Waals surface area (Å²) < 4.78 is 0. The van der Waals surface area contributed by atoms with Crippen LogP contribution in [0.3, 0.4) is 0 Å². The molecule has 0 bridgehead atoms. The van der Waals surface area contributed by atoms with E-state index in [9.17, 15) is 0 Å². The van der Waals surface area contributed by atoms with Gasteiger partial charge in [-0.3, -0.25) is 0 Å². The first kappa shape index (κ1) is 17.5. The van der Waals surface area contributed by atoms with Crippen molar-refractivity contribution in [2.24, 2.45) is 17.8 Å². The Hall–Kier alpha value is 1.06. The molecule has 0 atom stereocenters. The lowest BCUT2D eigenvalue weighted by Crippen LogP contribution is -1.99. The Morgan fingerprint density at radius 1 is 0.786 bits per heavy atom. The largest absolute Gasteiger partial charge is 0.237 e. The highest BCUT2D eigenvalue weighted by Gasteiger charge is 1.99. The summed E-state index contributed by atoms with van der Waals surface area (Å²) in [6.07, 6.45) is 0. The van der Waals surface area contributed by atoms with Crippen LogP contribution in [0.4, 0.5) is 0 Å². The maximum absolute atomic E-state index is 2.33. The predicted octanol–water partition coefficient (Wildman–Crippen LogP) is 3.27. The van der Waals surface area contributed by atoms with Crippen molar-refractivity contribution in [2.75, 3.05) is 0 Å². The first-order chi connectivity index (χ1) is 6.40. The second-order valence-corrected chi connectivity index (χ2v) is 8.20. The van der Waals surface area contributed by atoms with Gasteiger partial charge in [0.2, 0.25) is 31.5 Å². The summed E-state index contributed by atoms with van der Waals surface area (Å²) in [4.78, 5) is 0. The third-order valence-electron chi connectivity index (χ3n) is 2.38. The maximum atomic E-state index is 2.33. The van der Waals surface area contributed by atoms with Gasteiger partial charge < -0.3 is 0 Å². The van der Waals surface area contributed by atoms with Crippen LogP contribution >= 0.6 is 0 Å². The summed E-state index contributed by atoms with van der Waals surface area (Å²) in [5.41, 5.74) is 0. The van der Waals surface area contributed by atoms with Crippen LogP contribution in [0.2, 0.25) is 15.8 Å². The molecule has 0 radical (unpaired) electrons. The summed E-state index contributed by atoms with van der Waals surface area (Å²) >= 11 is 1.69.